The number of ether oxygens (including phenoxy) is 5. The molecule has 34 heavy (non-hydrogen) atoms. The molecule has 1 heterocycles. The summed E-state index contributed by atoms with van der Waals surface area (Å²) in [5.41, 5.74) is 2.26. The maximum atomic E-state index is 12.2. The second-order valence-electron chi connectivity index (χ2n) is 6.74. The Balaban J connectivity index is 1.59. The van der Waals surface area contributed by atoms with E-state index < -0.39 is 5.97 Å². The molecule has 176 valence electrons. The largest absolute Gasteiger partial charge is 0.493 e. The summed E-state index contributed by atoms with van der Waals surface area (Å²) >= 11 is 1.45. The number of thiazole rings is 1. The molecule has 8 nitrogen and oxygen atoms in total. The molecule has 0 unspecified atom stereocenters. The van der Waals surface area contributed by atoms with Crippen LogP contribution in [0.5, 0.6) is 23.0 Å². The number of carbonyl (C=O) groups is 1. The fraction of sp³-hybridized carbons (Fsp3) is 0.240. The summed E-state index contributed by atoms with van der Waals surface area (Å²) in [6.45, 7) is 2.43. The number of carbonyl (C=O) groups excluding carboxylic acids is 1. The lowest BCUT2D eigenvalue weighted by molar-refractivity contribution is -0.139. The summed E-state index contributed by atoms with van der Waals surface area (Å²) in [6, 6.07) is 12.7. The highest BCUT2D eigenvalue weighted by Crippen LogP contribution is 2.34. The Bertz CT molecular complexity index is 1200. The van der Waals surface area contributed by atoms with Gasteiger partial charge in [-0.3, -0.25) is 0 Å². The third-order valence-corrected chi connectivity index (χ3v) is 5.46. The van der Waals surface area contributed by atoms with E-state index in [-0.39, 0.29) is 13.2 Å². The number of hydrogen-bond donors (Lipinski definition) is 0. The van der Waals surface area contributed by atoms with Gasteiger partial charge in [0.2, 0.25) is 0 Å². The van der Waals surface area contributed by atoms with E-state index in [1.54, 1.807) is 31.4 Å². The Morgan fingerprint density at radius 1 is 1.06 bits per heavy atom. The van der Waals surface area contributed by atoms with E-state index in [0.717, 1.165) is 16.1 Å². The highest BCUT2D eigenvalue weighted by atomic mass is 32.1. The lowest BCUT2D eigenvalue weighted by atomic mass is 10.2. The Labute approximate surface area is 201 Å². The standard InChI is InChI=1S/C25H24N2O6S/c1-4-31-20-9-7-18(14-23(20)30-3)25-27-19(16-34-25)15-33-24(28)10-6-17-5-8-21(32-12-11-26)22(13-17)29-2/h5-10,13-14,16H,4,12,15H2,1-3H3/b10-6+. The van der Waals surface area contributed by atoms with Gasteiger partial charge in [-0.1, -0.05) is 6.07 Å². The van der Waals surface area contributed by atoms with E-state index in [0.29, 0.717) is 35.3 Å². The lowest BCUT2D eigenvalue weighted by Gasteiger charge is -2.09. The molecule has 0 bridgehead atoms. The molecule has 0 amide bonds. The summed E-state index contributed by atoms with van der Waals surface area (Å²) in [4.78, 5) is 16.7. The number of benzene rings is 2. The zero-order chi connectivity index (χ0) is 24.3. The number of hydrogen-bond acceptors (Lipinski definition) is 9. The molecule has 0 saturated heterocycles. The third kappa shape index (κ3) is 6.49. The molecule has 3 rings (SSSR count). The van der Waals surface area contributed by atoms with Gasteiger partial charge < -0.3 is 23.7 Å². The van der Waals surface area contributed by atoms with Crippen molar-refractivity contribution in [3.8, 4) is 39.6 Å². The van der Waals surface area contributed by atoms with Crippen molar-refractivity contribution in [3.05, 3.63) is 59.1 Å². The molecular weight excluding hydrogens is 456 g/mol. The maximum Gasteiger partial charge on any atom is 0.331 e. The molecule has 0 radical (unpaired) electrons. The van der Waals surface area contributed by atoms with E-state index in [2.05, 4.69) is 4.98 Å². The van der Waals surface area contributed by atoms with E-state index in [1.165, 1.54) is 24.5 Å². The second-order valence-corrected chi connectivity index (χ2v) is 7.60. The van der Waals surface area contributed by atoms with Gasteiger partial charge >= 0.3 is 5.97 Å². The summed E-state index contributed by atoms with van der Waals surface area (Å²) in [5.74, 6) is 1.73. The zero-order valence-corrected chi connectivity index (χ0v) is 19.9. The molecular formula is C25H24N2O6S. The quantitative estimate of drug-likeness (QED) is 0.283. The van der Waals surface area contributed by atoms with Crippen LogP contribution in [0, 0.1) is 11.3 Å². The predicted molar refractivity (Wildman–Crippen MR) is 128 cm³/mol. The first-order valence-electron chi connectivity index (χ1n) is 10.4. The molecule has 2 aromatic carbocycles. The predicted octanol–water partition coefficient (Wildman–Crippen LogP) is 4.88. The molecule has 9 heteroatoms. The molecule has 0 atom stereocenters. The Morgan fingerprint density at radius 2 is 1.79 bits per heavy atom. The first-order chi connectivity index (χ1) is 16.6. The number of nitriles is 1. The molecule has 0 aliphatic heterocycles. The summed E-state index contributed by atoms with van der Waals surface area (Å²) in [6.07, 6.45) is 2.94. The Kier molecular flexibility index (Phi) is 8.88. The lowest BCUT2D eigenvalue weighted by Crippen LogP contribution is -2.01. The number of esters is 1. The number of nitrogens with zero attached hydrogens (tertiary/aromatic N) is 2. The fourth-order valence-electron chi connectivity index (χ4n) is 2.96. The summed E-state index contributed by atoms with van der Waals surface area (Å²) in [7, 11) is 3.09. The average Bonchev–Trinajstić information content (AvgIpc) is 3.34. The van der Waals surface area contributed by atoms with Crippen molar-refractivity contribution in [1.82, 2.24) is 4.98 Å². The second kappa shape index (κ2) is 12.3. The minimum Gasteiger partial charge on any atom is -0.493 e. The van der Waals surface area contributed by atoms with Crippen LogP contribution in [-0.4, -0.2) is 38.4 Å². The highest BCUT2D eigenvalue weighted by molar-refractivity contribution is 7.13. The van der Waals surface area contributed by atoms with Gasteiger partial charge in [-0.25, -0.2) is 9.78 Å². The van der Waals surface area contributed by atoms with Crippen LogP contribution >= 0.6 is 11.3 Å². The minimum atomic E-state index is -0.499. The first kappa shape index (κ1) is 24.6. The van der Waals surface area contributed by atoms with Gasteiger partial charge in [0.05, 0.1) is 26.5 Å². The van der Waals surface area contributed by atoms with Crippen molar-refractivity contribution < 1.29 is 28.5 Å². The molecule has 0 saturated carbocycles. The maximum absolute atomic E-state index is 12.2. The van der Waals surface area contributed by atoms with Crippen molar-refractivity contribution >= 4 is 23.4 Å². The Morgan fingerprint density at radius 3 is 2.53 bits per heavy atom. The van der Waals surface area contributed by atoms with Gasteiger partial charge in [0, 0.05) is 17.0 Å². The normalized spacial score (nSPS) is 10.5. The van der Waals surface area contributed by atoms with Crippen LogP contribution in [0.3, 0.4) is 0 Å². The van der Waals surface area contributed by atoms with E-state index in [1.807, 2.05) is 36.6 Å². The Hall–Kier alpha value is -4.03. The molecule has 0 spiro atoms. The highest BCUT2D eigenvalue weighted by Gasteiger charge is 2.11. The molecule has 0 aliphatic carbocycles. The van der Waals surface area contributed by atoms with Crippen LogP contribution in [0.2, 0.25) is 0 Å². The summed E-state index contributed by atoms with van der Waals surface area (Å²) < 4.78 is 26.8. The molecule has 0 fully saturated rings. The van der Waals surface area contributed by atoms with Crippen molar-refractivity contribution in [2.24, 2.45) is 0 Å². The van der Waals surface area contributed by atoms with Crippen LogP contribution in [0.15, 0.2) is 47.9 Å². The monoisotopic (exact) mass is 480 g/mol. The number of rotatable bonds is 11. The third-order valence-electron chi connectivity index (χ3n) is 4.52. The van der Waals surface area contributed by atoms with E-state index in [9.17, 15) is 4.79 Å². The fourth-order valence-corrected chi connectivity index (χ4v) is 3.76. The van der Waals surface area contributed by atoms with Crippen molar-refractivity contribution in [1.29, 1.82) is 5.26 Å². The number of aromatic nitrogens is 1. The van der Waals surface area contributed by atoms with Gasteiger partial charge in [-0.2, -0.15) is 5.26 Å². The van der Waals surface area contributed by atoms with E-state index >= 15 is 0 Å². The van der Waals surface area contributed by atoms with Crippen molar-refractivity contribution in [2.75, 3.05) is 27.4 Å². The smallest absolute Gasteiger partial charge is 0.331 e. The SMILES string of the molecule is CCOc1ccc(-c2nc(COC(=O)/C=C/c3ccc(OCC#N)c(OC)c3)cs2)cc1OC. The van der Waals surface area contributed by atoms with Crippen LogP contribution < -0.4 is 18.9 Å². The van der Waals surface area contributed by atoms with Crippen molar-refractivity contribution in [2.45, 2.75) is 13.5 Å². The van der Waals surface area contributed by atoms with Crippen LogP contribution in [0.4, 0.5) is 0 Å². The van der Waals surface area contributed by atoms with Gasteiger partial charge in [0.15, 0.2) is 29.6 Å². The van der Waals surface area contributed by atoms with Crippen LogP contribution in [0.25, 0.3) is 16.6 Å². The molecule has 1 aromatic heterocycles. The van der Waals surface area contributed by atoms with Gasteiger partial charge in [-0.05, 0) is 48.9 Å². The number of methoxy groups -OCH3 is 2. The molecule has 0 aliphatic rings. The molecule has 3 aromatic rings. The minimum absolute atomic E-state index is 0.0537. The first-order valence-corrected chi connectivity index (χ1v) is 11.2. The van der Waals surface area contributed by atoms with E-state index in [4.69, 9.17) is 28.9 Å². The average molecular weight is 481 g/mol. The van der Waals surface area contributed by atoms with Crippen molar-refractivity contribution in [3.63, 3.8) is 0 Å². The van der Waals surface area contributed by atoms with Crippen LogP contribution in [-0.2, 0) is 16.1 Å². The topological polar surface area (TPSA) is 99.9 Å². The van der Waals surface area contributed by atoms with Gasteiger partial charge in [-0.15, -0.1) is 11.3 Å². The van der Waals surface area contributed by atoms with Crippen LogP contribution in [0.1, 0.15) is 18.2 Å². The van der Waals surface area contributed by atoms with Gasteiger partial charge in [0.1, 0.15) is 17.7 Å². The van der Waals surface area contributed by atoms with Gasteiger partial charge in [0.25, 0.3) is 0 Å². The molecule has 0 N–H and O–H groups in total. The zero-order valence-electron chi connectivity index (χ0n) is 19.1. The summed E-state index contributed by atoms with van der Waals surface area (Å²) in [5, 5.41) is 11.3.